The van der Waals surface area contributed by atoms with Crippen LogP contribution in [0.1, 0.15) is 41.6 Å². The van der Waals surface area contributed by atoms with Crippen LogP contribution in [-0.4, -0.2) is 40.8 Å². The highest BCUT2D eigenvalue weighted by Gasteiger charge is 2.35. The number of amides is 2. The van der Waals surface area contributed by atoms with Gasteiger partial charge in [-0.1, -0.05) is 42.0 Å². The summed E-state index contributed by atoms with van der Waals surface area (Å²) in [6.45, 7) is 3.46. The fraction of sp³-hybridized carbons (Fsp3) is 0.346. The number of rotatable bonds is 5. The summed E-state index contributed by atoms with van der Waals surface area (Å²) in [5.74, 6) is 1.49. The average Bonchev–Trinajstić information content (AvgIpc) is 3.56. The second kappa shape index (κ2) is 8.61. The molecule has 0 bridgehead atoms. The number of piperidine rings is 1. The van der Waals surface area contributed by atoms with Crippen LogP contribution in [-0.2, 0) is 4.79 Å². The Hall–Kier alpha value is -3.41. The Morgan fingerprint density at radius 2 is 1.72 bits per heavy atom. The van der Waals surface area contributed by atoms with E-state index in [1.165, 1.54) is 5.56 Å². The maximum Gasteiger partial charge on any atom is 0.252 e. The van der Waals surface area contributed by atoms with Crippen LogP contribution in [0.5, 0.6) is 0 Å². The first-order chi connectivity index (χ1) is 15.6. The van der Waals surface area contributed by atoms with E-state index in [-0.39, 0.29) is 23.8 Å². The molecule has 2 aliphatic rings. The second-order valence-corrected chi connectivity index (χ2v) is 8.79. The van der Waals surface area contributed by atoms with E-state index in [4.69, 9.17) is 4.42 Å². The van der Waals surface area contributed by atoms with Crippen LogP contribution < -0.4 is 5.32 Å². The monoisotopic (exact) mass is 429 g/mol. The summed E-state index contributed by atoms with van der Waals surface area (Å²) in [6, 6.07) is 15.5. The number of hydrogen-bond donors (Lipinski definition) is 1. The van der Waals surface area contributed by atoms with Gasteiger partial charge in [0.1, 0.15) is 0 Å². The molecule has 1 saturated carbocycles. The van der Waals surface area contributed by atoms with E-state index in [9.17, 15) is 9.59 Å². The van der Waals surface area contributed by atoms with Crippen LogP contribution in [0.25, 0.3) is 22.8 Å². The Kier molecular flexibility index (Phi) is 5.52. The number of aromatic nitrogens is 1. The molecular formula is C26H27N3O3. The molecule has 2 amide bonds. The minimum absolute atomic E-state index is 0.0616. The minimum atomic E-state index is -0.136. The first-order valence-electron chi connectivity index (χ1n) is 11.3. The van der Waals surface area contributed by atoms with Crippen molar-refractivity contribution in [3.63, 3.8) is 0 Å². The fourth-order valence-corrected chi connectivity index (χ4v) is 4.21. The summed E-state index contributed by atoms with van der Waals surface area (Å²) >= 11 is 0. The molecule has 0 atom stereocenters. The van der Waals surface area contributed by atoms with Crippen molar-refractivity contribution >= 4 is 11.8 Å². The molecule has 32 heavy (non-hydrogen) atoms. The second-order valence-electron chi connectivity index (χ2n) is 8.79. The number of carbonyl (C=O) groups is 2. The number of aryl methyl sites for hydroxylation is 1. The Bertz CT molecular complexity index is 1120. The van der Waals surface area contributed by atoms with Crippen LogP contribution in [0, 0.1) is 12.8 Å². The van der Waals surface area contributed by atoms with Crippen molar-refractivity contribution in [3.8, 4) is 22.8 Å². The first-order valence-corrected chi connectivity index (χ1v) is 11.3. The van der Waals surface area contributed by atoms with Gasteiger partial charge in [-0.2, -0.15) is 0 Å². The summed E-state index contributed by atoms with van der Waals surface area (Å²) in [6.07, 6.45) is 5.31. The van der Waals surface area contributed by atoms with Crippen molar-refractivity contribution < 1.29 is 14.0 Å². The summed E-state index contributed by atoms with van der Waals surface area (Å²) in [7, 11) is 0. The highest BCUT2D eigenvalue weighted by molar-refractivity contribution is 6.00. The van der Waals surface area contributed by atoms with Gasteiger partial charge in [-0.15, -0.1) is 0 Å². The van der Waals surface area contributed by atoms with Gasteiger partial charge in [-0.05, 0) is 44.7 Å². The molecule has 3 aromatic rings. The SMILES string of the molecule is Cc1ccc(-c2cnc(-c3ccccc3C(=O)NC3CCN(C(=O)C4CC4)CC3)o2)cc1. The molecule has 6 nitrogen and oxygen atoms in total. The van der Waals surface area contributed by atoms with Crippen molar-refractivity contribution in [2.24, 2.45) is 5.92 Å². The maximum atomic E-state index is 13.1. The quantitative estimate of drug-likeness (QED) is 0.650. The molecule has 1 aliphatic heterocycles. The van der Waals surface area contributed by atoms with Gasteiger partial charge < -0.3 is 14.6 Å². The first kappa shape index (κ1) is 20.5. The van der Waals surface area contributed by atoms with Crippen molar-refractivity contribution in [2.45, 2.75) is 38.6 Å². The molecule has 0 spiro atoms. The predicted octanol–water partition coefficient (Wildman–Crippen LogP) is 4.45. The van der Waals surface area contributed by atoms with E-state index in [1.54, 1.807) is 12.3 Å². The zero-order chi connectivity index (χ0) is 22.1. The molecule has 1 N–H and O–H groups in total. The molecule has 2 heterocycles. The molecular weight excluding hydrogens is 402 g/mol. The lowest BCUT2D eigenvalue weighted by Crippen LogP contribution is -2.47. The molecule has 1 aromatic heterocycles. The zero-order valence-corrected chi connectivity index (χ0v) is 18.2. The summed E-state index contributed by atoms with van der Waals surface area (Å²) in [5.41, 5.74) is 3.34. The lowest BCUT2D eigenvalue weighted by molar-refractivity contribution is -0.133. The number of benzene rings is 2. The Labute approximate surface area is 187 Å². The molecule has 1 aliphatic carbocycles. The van der Waals surface area contributed by atoms with E-state index in [0.717, 1.165) is 31.2 Å². The average molecular weight is 430 g/mol. The lowest BCUT2D eigenvalue weighted by Gasteiger charge is -2.32. The van der Waals surface area contributed by atoms with Gasteiger partial charge in [-0.3, -0.25) is 9.59 Å². The van der Waals surface area contributed by atoms with Crippen LogP contribution in [0.2, 0.25) is 0 Å². The van der Waals surface area contributed by atoms with E-state index in [2.05, 4.69) is 10.3 Å². The zero-order valence-electron chi connectivity index (χ0n) is 18.2. The lowest BCUT2D eigenvalue weighted by atomic mass is 10.0. The Morgan fingerprint density at radius 3 is 2.44 bits per heavy atom. The van der Waals surface area contributed by atoms with E-state index >= 15 is 0 Å². The summed E-state index contributed by atoms with van der Waals surface area (Å²) in [4.78, 5) is 31.7. The number of oxazole rings is 1. The Morgan fingerprint density at radius 1 is 1.00 bits per heavy atom. The van der Waals surface area contributed by atoms with Crippen molar-refractivity contribution in [2.75, 3.05) is 13.1 Å². The van der Waals surface area contributed by atoms with E-state index < -0.39 is 0 Å². The summed E-state index contributed by atoms with van der Waals surface area (Å²) in [5, 5.41) is 3.15. The molecule has 1 saturated heterocycles. The summed E-state index contributed by atoms with van der Waals surface area (Å²) < 4.78 is 6.01. The van der Waals surface area contributed by atoms with Gasteiger partial charge in [-0.25, -0.2) is 4.98 Å². The molecule has 0 unspecified atom stereocenters. The van der Waals surface area contributed by atoms with Crippen molar-refractivity contribution in [3.05, 3.63) is 65.9 Å². The van der Waals surface area contributed by atoms with Gasteiger partial charge >= 0.3 is 0 Å². The highest BCUT2D eigenvalue weighted by Crippen LogP contribution is 2.32. The largest absolute Gasteiger partial charge is 0.436 e. The van der Waals surface area contributed by atoms with Crippen molar-refractivity contribution in [1.82, 2.24) is 15.2 Å². The fourth-order valence-electron chi connectivity index (χ4n) is 4.21. The molecule has 6 heteroatoms. The van der Waals surface area contributed by atoms with Crippen molar-refractivity contribution in [1.29, 1.82) is 0 Å². The molecule has 2 fully saturated rings. The standard InChI is InChI=1S/C26H27N3O3/c1-17-6-8-18(9-7-17)23-16-27-25(32-23)22-5-3-2-4-21(22)24(30)28-20-12-14-29(15-13-20)26(31)19-10-11-19/h2-9,16,19-20H,10-15H2,1H3,(H,28,30). The number of likely N-dealkylation sites (tertiary alicyclic amines) is 1. The molecule has 2 aromatic carbocycles. The number of nitrogens with zero attached hydrogens (tertiary/aromatic N) is 2. The number of hydrogen-bond acceptors (Lipinski definition) is 4. The number of nitrogens with one attached hydrogen (secondary N) is 1. The molecule has 164 valence electrons. The molecule has 5 rings (SSSR count). The predicted molar refractivity (Wildman–Crippen MR) is 122 cm³/mol. The maximum absolute atomic E-state index is 13.1. The highest BCUT2D eigenvalue weighted by atomic mass is 16.4. The normalized spacial score (nSPS) is 16.7. The van der Waals surface area contributed by atoms with Crippen LogP contribution >= 0.6 is 0 Å². The molecule has 0 radical (unpaired) electrons. The topological polar surface area (TPSA) is 75.4 Å². The van der Waals surface area contributed by atoms with Gasteiger partial charge in [0, 0.05) is 36.2 Å². The smallest absolute Gasteiger partial charge is 0.252 e. The van der Waals surface area contributed by atoms with E-state index in [0.29, 0.717) is 35.9 Å². The van der Waals surface area contributed by atoms with Gasteiger partial charge in [0.25, 0.3) is 5.91 Å². The Balaban J connectivity index is 1.28. The minimum Gasteiger partial charge on any atom is -0.436 e. The van der Waals surface area contributed by atoms with Crippen LogP contribution in [0.3, 0.4) is 0 Å². The van der Waals surface area contributed by atoms with Crippen LogP contribution in [0.4, 0.5) is 0 Å². The number of carbonyl (C=O) groups excluding carboxylic acids is 2. The van der Waals surface area contributed by atoms with Gasteiger partial charge in [0.15, 0.2) is 5.76 Å². The van der Waals surface area contributed by atoms with Gasteiger partial charge in [0.2, 0.25) is 11.8 Å². The van der Waals surface area contributed by atoms with E-state index in [1.807, 2.05) is 54.3 Å². The van der Waals surface area contributed by atoms with Crippen LogP contribution in [0.15, 0.2) is 59.1 Å². The van der Waals surface area contributed by atoms with Gasteiger partial charge in [0.05, 0.1) is 11.8 Å². The third kappa shape index (κ3) is 4.31. The third-order valence-electron chi connectivity index (χ3n) is 6.31. The third-order valence-corrected chi connectivity index (χ3v) is 6.31.